The van der Waals surface area contributed by atoms with E-state index in [0.717, 1.165) is 12.2 Å². The molecule has 6 nitrogen and oxygen atoms in total. The maximum absolute atomic E-state index is 12.5. The van der Waals surface area contributed by atoms with Crippen molar-refractivity contribution in [2.24, 2.45) is 0 Å². The van der Waals surface area contributed by atoms with Crippen LogP contribution < -0.4 is 5.32 Å². The summed E-state index contributed by atoms with van der Waals surface area (Å²) in [6.07, 6.45) is 3.47. The van der Waals surface area contributed by atoms with Crippen LogP contribution in [-0.4, -0.2) is 25.5 Å². The minimum Gasteiger partial charge on any atom is -0.305 e. The number of carbonyl (C=O) groups excluding carboxylic acids is 1. The number of hydrogen-bond acceptors (Lipinski definition) is 3. The highest BCUT2D eigenvalue weighted by Crippen LogP contribution is 2.19. The minimum atomic E-state index is -0.192. The van der Waals surface area contributed by atoms with E-state index < -0.39 is 0 Å². The molecule has 2 heterocycles. The van der Waals surface area contributed by atoms with Gasteiger partial charge in [0.15, 0.2) is 5.82 Å². The summed E-state index contributed by atoms with van der Waals surface area (Å²) < 4.78 is 3.63. The van der Waals surface area contributed by atoms with Gasteiger partial charge in [-0.25, -0.2) is 0 Å². The van der Waals surface area contributed by atoms with Gasteiger partial charge in [0.05, 0.1) is 18.3 Å². The zero-order valence-corrected chi connectivity index (χ0v) is 15.4. The Morgan fingerprint density at radius 3 is 2.74 bits per heavy atom. The summed E-state index contributed by atoms with van der Waals surface area (Å²) in [4.78, 5) is 12.5. The van der Waals surface area contributed by atoms with Crippen molar-refractivity contribution < 1.29 is 4.79 Å². The zero-order chi connectivity index (χ0) is 18.8. The van der Waals surface area contributed by atoms with Crippen molar-refractivity contribution in [2.45, 2.75) is 26.9 Å². The Hall–Kier alpha value is -3.41. The van der Waals surface area contributed by atoms with Gasteiger partial charge in [-0.05, 0) is 30.2 Å². The molecule has 2 aromatic carbocycles. The summed E-state index contributed by atoms with van der Waals surface area (Å²) in [6.45, 7) is 5.27. The predicted molar refractivity (Wildman–Crippen MR) is 106 cm³/mol. The smallest absolute Gasteiger partial charge is 0.260 e. The molecule has 0 aliphatic heterocycles. The lowest BCUT2D eigenvalue weighted by molar-refractivity contribution is 0.102. The van der Waals surface area contributed by atoms with Gasteiger partial charge >= 0.3 is 0 Å². The molecule has 1 N–H and O–H groups in total. The molecular formula is C21H21N5O. The fourth-order valence-electron chi connectivity index (χ4n) is 3.29. The van der Waals surface area contributed by atoms with Gasteiger partial charge in [-0.1, -0.05) is 42.5 Å². The lowest BCUT2D eigenvalue weighted by Gasteiger charge is -2.07. The van der Waals surface area contributed by atoms with Crippen LogP contribution in [0.3, 0.4) is 0 Å². The molecule has 0 fully saturated rings. The average molecular weight is 359 g/mol. The van der Waals surface area contributed by atoms with Crippen molar-refractivity contribution in [3.05, 3.63) is 77.7 Å². The molecule has 1 amide bonds. The van der Waals surface area contributed by atoms with Crippen LogP contribution in [0.25, 0.3) is 10.8 Å². The van der Waals surface area contributed by atoms with Gasteiger partial charge in [-0.3, -0.25) is 14.2 Å². The molecule has 0 radical (unpaired) electrons. The van der Waals surface area contributed by atoms with Gasteiger partial charge in [0, 0.05) is 24.5 Å². The summed E-state index contributed by atoms with van der Waals surface area (Å²) in [5, 5.41) is 14.0. The quantitative estimate of drug-likeness (QED) is 0.588. The third-order valence-corrected chi connectivity index (χ3v) is 4.74. The standard InChI is InChI=1S/C21H21N5O/c1-3-26-15(2)19(13-22-26)21(27)23-20-11-12-25(24-20)14-17-9-6-8-16-7-4-5-10-18(16)17/h4-13H,3,14H2,1-2H3,(H,23,24,27). The fraction of sp³-hybridized carbons (Fsp3) is 0.190. The van der Waals surface area contributed by atoms with Gasteiger partial charge in [0.2, 0.25) is 0 Å². The molecule has 6 heteroatoms. The number of hydrogen-bond donors (Lipinski definition) is 1. The number of aryl methyl sites for hydroxylation is 1. The monoisotopic (exact) mass is 359 g/mol. The maximum atomic E-state index is 12.5. The molecule has 0 atom stereocenters. The number of aromatic nitrogens is 4. The predicted octanol–water partition coefficient (Wildman–Crippen LogP) is 3.86. The minimum absolute atomic E-state index is 0.192. The van der Waals surface area contributed by atoms with Crippen LogP contribution in [0.4, 0.5) is 5.82 Å². The van der Waals surface area contributed by atoms with Crippen LogP contribution in [0.1, 0.15) is 28.5 Å². The lowest BCUT2D eigenvalue weighted by Crippen LogP contribution is -2.14. The van der Waals surface area contributed by atoms with E-state index in [1.54, 1.807) is 10.9 Å². The normalized spacial score (nSPS) is 11.0. The van der Waals surface area contributed by atoms with E-state index >= 15 is 0 Å². The second-order valence-electron chi connectivity index (χ2n) is 6.45. The Labute approximate surface area is 157 Å². The van der Waals surface area contributed by atoms with E-state index in [1.807, 2.05) is 42.9 Å². The van der Waals surface area contributed by atoms with E-state index in [9.17, 15) is 4.79 Å². The highest BCUT2D eigenvalue weighted by molar-refractivity contribution is 6.04. The number of rotatable bonds is 5. The molecule has 0 unspecified atom stereocenters. The van der Waals surface area contributed by atoms with E-state index in [-0.39, 0.29) is 5.91 Å². The summed E-state index contributed by atoms with van der Waals surface area (Å²) >= 11 is 0. The van der Waals surface area contributed by atoms with Crippen molar-refractivity contribution in [3.63, 3.8) is 0 Å². The first-order valence-corrected chi connectivity index (χ1v) is 8.99. The molecule has 0 aliphatic carbocycles. The van der Waals surface area contributed by atoms with Crippen LogP contribution >= 0.6 is 0 Å². The molecule has 0 aliphatic rings. The molecule has 27 heavy (non-hydrogen) atoms. The number of nitrogens with zero attached hydrogens (tertiary/aromatic N) is 4. The highest BCUT2D eigenvalue weighted by Gasteiger charge is 2.15. The van der Waals surface area contributed by atoms with Crippen molar-refractivity contribution in [1.29, 1.82) is 0 Å². The Kier molecular flexibility index (Phi) is 4.46. The Bertz CT molecular complexity index is 1100. The van der Waals surface area contributed by atoms with E-state index in [2.05, 4.69) is 45.8 Å². The molecule has 0 saturated heterocycles. The summed E-state index contributed by atoms with van der Waals surface area (Å²) in [6, 6.07) is 16.4. The fourth-order valence-corrected chi connectivity index (χ4v) is 3.29. The number of fused-ring (bicyclic) bond motifs is 1. The molecule has 0 bridgehead atoms. The Morgan fingerprint density at radius 1 is 1.11 bits per heavy atom. The van der Waals surface area contributed by atoms with Gasteiger partial charge < -0.3 is 5.32 Å². The van der Waals surface area contributed by atoms with Crippen molar-refractivity contribution >= 4 is 22.5 Å². The first kappa shape index (κ1) is 17.0. The number of nitrogens with one attached hydrogen (secondary N) is 1. The second-order valence-corrected chi connectivity index (χ2v) is 6.45. The number of carbonyl (C=O) groups is 1. The average Bonchev–Trinajstić information content (AvgIpc) is 3.28. The summed E-state index contributed by atoms with van der Waals surface area (Å²) in [5.74, 6) is 0.339. The van der Waals surface area contributed by atoms with Crippen molar-refractivity contribution in [3.8, 4) is 0 Å². The molecular weight excluding hydrogens is 338 g/mol. The van der Waals surface area contributed by atoms with Crippen LogP contribution in [-0.2, 0) is 13.1 Å². The maximum Gasteiger partial charge on any atom is 0.260 e. The Morgan fingerprint density at radius 2 is 1.93 bits per heavy atom. The molecule has 0 saturated carbocycles. The van der Waals surface area contributed by atoms with Crippen molar-refractivity contribution in [2.75, 3.05) is 5.32 Å². The van der Waals surface area contributed by atoms with Crippen LogP contribution in [0, 0.1) is 6.92 Å². The molecule has 4 rings (SSSR count). The molecule has 2 aromatic heterocycles. The molecule has 136 valence electrons. The van der Waals surface area contributed by atoms with E-state index in [1.165, 1.54) is 16.3 Å². The van der Waals surface area contributed by atoms with Gasteiger partial charge in [0.1, 0.15) is 0 Å². The zero-order valence-electron chi connectivity index (χ0n) is 15.4. The van der Waals surface area contributed by atoms with Crippen LogP contribution in [0.5, 0.6) is 0 Å². The van der Waals surface area contributed by atoms with E-state index in [4.69, 9.17) is 0 Å². The van der Waals surface area contributed by atoms with E-state index in [0.29, 0.717) is 17.9 Å². The third kappa shape index (κ3) is 3.33. The Balaban J connectivity index is 1.51. The number of anilines is 1. The highest BCUT2D eigenvalue weighted by atomic mass is 16.1. The number of benzene rings is 2. The molecule has 0 spiro atoms. The first-order valence-electron chi connectivity index (χ1n) is 8.99. The van der Waals surface area contributed by atoms with Gasteiger partial charge in [0.25, 0.3) is 5.91 Å². The van der Waals surface area contributed by atoms with Gasteiger partial charge in [-0.15, -0.1) is 0 Å². The second kappa shape index (κ2) is 7.07. The van der Waals surface area contributed by atoms with Crippen LogP contribution in [0.2, 0.25) is 0 Å². The van der Waals surface area contributed by atoms with Crippen LogP contribution in [0.15, 0.2) is 60.9 Å². The lowest BCUT2D eigenvalue weighted by atomic mass is 10.0. The SMILES string of the molecule is CCn1ncc(C(=O)Nc2ccn(Cc3cccc4ccccc34)n2)c1C. The largest absolute Gasteiger partial charge is 0.305 e. The topological polar surface area (TPSA) is 64.7 Å². The summed E-state index contributed by atoms with van der Waals surface area (Å²) in [5.41, 5.74) is 2.61. The van der Waals surface area contributed by atoms with Crippen molar-refractivity contribution in [1.82, 2.24) is 19.6 Å². The summed E-state index contributed by atoms with van der Waals surface area (Å²) in [7, 11) is 0. The number of amides is 1. The third-order valence-electron chi connectivity index (χ3n) is 4.74. The first-order chi connectivity index (χ1) is 13.2. The molecule has 4 aromatic rings. The van der Waals surface area contributed by atoms with Gasteiger partial charge in [-0.2, -0.15) is 10.2 Å².